The number of benzene rings is 2. The molecule has 0 saturated carbocycles. The molecule has 0 aromatic heterocycles. The van der Waals surface area contributed by atoms with Crippen molar-refractivity contribution in [2.24, 2.45) is 5.92 Å². The van der Waals surface area contributed by atoms with Gasteiger partial charge in [-0.1, -0.05) is 29.3 Å². The largest absolute Gasteiger partial charge is 0.325 e. The number of carbonyl (C=O) groups excluding carboxylic acids is 2. The van der Waals surface area contributed by atoms with E-state index in [1.54, 1.807) is 23.1 Å². The minimum Gasteiger partial charge on any atom is -0.325 e. The van der Waals surface area contributed by atoms with Gasteiger partial charge in [0.05, 0.1) is 5.92 Å². The average Bonchev–Trinajstić information content (AvgIpc) is 2.93. The van der Waals surface area contributed by atoms with Gasteiger partial charge in [0.1, 0.15) is 0 Å². The van der Waals surface area contributed by atoms with Crippen LogP contribution in [0, 0.1) is 19.8 Å². The van der Waals surface area contributed by atoms with Gasteiger partial charge in [-0.3, -0.25) is 9.59 Å². The molecule has 0 bridgehead atoms. The van der Waals surface area contributed by atoms with Crippen LogP contribution in [0.4, 0.5) is 11.4 Å². The fraction of sp³-hybridized carbons (Fsp3) is 0.263. The summed E-state index contributed by atoms with van der Waals surface area (Å²) < 4.78 is 0. The molecule has 1 unspecified atom stereocenters. The summed E-state index contributed by atoms with van der Waals surface area (Å²) in [7, 11) is 0. The van der Waals surface area contributed by atoms with E-state index in [0.29, 0.717) is 22.3 Å². The van der Waals surface area contributed by atoms with Crippen molar-refractivity contribution in [3.05, 3.63) is 57.6 Å². The monoisotopic (exact) mass is 376 g/mol. The topological polar surface area (TPSA) is 49.4 Å². The molecule has 25 heavy (non-hydrogen) atoms. The number of hydrogen-bond donors (Lipinski definition) is 1. The summed E-state index contributed by atoms with van der Waals surface area (Å²) in [6.45, 7) is 4.15. The maximum atomic E-state index is 12.6. The van der Waals surface area contributed by atoms with Crippen LogP contribution >= 0.6 is 23.2 Å². The van der Waals surface area contributed by atoms with Crippen molar-refractivity contribution in [1.82, 2.24) is 0 Å². The standard InChI is InChI=1S/C19H18Cl2N2O2/c1-11-3-4-15(21)9-16(11)22-19(25)13-8-18(24)23(10-13)17-6-5-14(20)7-12(17)2/h3-7,9,13H,8,10H2,1-2H3,(H,22,25). The van der Waals surface area contributed by atoms with Crippen molar-refractivity contribution < 1.29 is 9.59 Å². The zero-order chi connectivity index (χ0) is 18.1. The van der Waals surface area contributed by atoms with E-state index in [-0.39, 0.29) is 18.2 Å². The number of hydrogen-bond acceptors (Lipinski definition) is 2. The van der Waals surface area contributed by atoms with Crippen molar-refractivity contribution in [3.8, 4) is 0 Å². The van der Waals surface area contributed by atoms with Crippen molar-refractivity contribution in [3.63, 3.8) is 0 Å². The van der Waals surface area contributed by atoms with Crippen LogP contribution in [0.1, 0.15) is 17.5 Å². The lowest BCUT2D eigenvalue weighted by atomic mass is 10.1. The molecule has 1 saturated heterocycles. The Labute approximate surface area is 156 Å². The highest BCUT2D eigenvalue weighted by Crippen LogP contribution is 2.30. The second-order valence-electron chi connectivity index (χ2n) is 6.28. The maximum absolute atomic E-state index is 12.6. The minimum atomic E-state index is -0.402. The van der Waals surface area contributed by atoms with Crippen LogP contribution in [0.25, 0.3) is 0 Å². The Hall–Kier alpha value is -2.04. The molecule has 1 aliphatic heterocycles. The first-order valence-corrected chi connectivity index (χ1v) is 8.74. The van der Waals surface area contributed by atoms with Gasteiger partial charge < -0.3 is 10.2 Å². The Balaban J connectivity index is 1.75. The molecule has 1 fully saturated rings. The van der Waals surface area contributed by atoms with Crippen LogP contribution in [-0.4, -0.2) is 18.4 Å². The van der Waals surface area contributed by atoms with Gasteiger partial charge in [-0.25, -0.2) is 0 Å². The van der Waals surface area contributed by atoms with Crippen LogP contribution in [0.3, 0.4) is 0 Å². The highest BCUT2D eigenvalue weighted by molar-refractivity contribution is 6.31. The third-order valence-corrected chi connectivity index (χ3v) is 4.87. The molecule has 1 aliphatic rings. The fourth-order valence-corrected chi connectivity index (χ4v) is 3.40. The van der Waals surface area contributed by atoms with Crippen molar-refractivity contribution in [1.29, 1.82) is 0 Å². The SMILES string of the molecule is Cc1ccc(Cl)cc1NC(=O)C1CC(=O)N(c2ccc(Cl)cc2C)C1. The van der Waals surface area contributed by atoms with E-state index in [1.165, 1.54) is 0 Å². The minimum absolute atomic E-state index is 0.0617. The number of anilines is 2. The van der Waals surface area contributed by atoms with Crippen LogP contribution in [0.5, 0.6) is 0 Å². The molecule has 0 spiro atoms. The Bertz CT molecular complexity index is 851. The molecule has 1 atom stereocenters. The molecule has 1 N–H and O–H groups in total. The van der Waals surface area contributed by atoms with Gasteiger partial charge in [0.25, 0.3) is 0 Å². The lowest BCUT2D eigenvalue weighted by Gasteiger charge is -2.19. The lowest BCUT2D eigenvalue weighted by Crippen LogP contribution is -2.28. The predicted molar refractivity (Wildman–Crippen MR) is 101 cm³/mol. The van der Waals surface area contributed by atoms with Gasteiger partial charge in [0.15, 0.2) is 0 Å². The summed E-state index contributed by atoms with van der Waals surface area (Å²) in [4.78, 5) is 26.6. The Morgan fingerprint density at radius 3 is 2.48 bits per heavy atom. The summed E-state index contributed by atoms with van der Waals surface area (Å²) in [5.74, 6) is -0.637. The Morgan fingerprint density at radius 2 is 1.76 bits per heavy atom. The molecule has 130 valence electrons. The Kier molecular flexibility index (Phi) is 5.02. The van der Waals surface area contributed by atoms with Crippen LogP contribution < -0.4 is 10.2 Å². The van der Waals surface area contributed by atoms with E-state index in [2.05, 4.69) is 5.32 Å². The van der Waals surface area contributed by atoms with Crippen molar-refractivity contribution in [2.45, 2.75) is 20.3 Å². The van der Waals surface area contributed by atoms with Gasteiger partial charge >= 0.3 is 0 Å². The van der Waals surface area contributed by atoms with Crippen LogP contribution in [0.2, 0.25) is 10.0 Å². The van der Waals surface area contributed by atoms with Crippen molar-refractivity contribution in [2.75, 3.05) is 16.8 Å². The first-order valence-electron chi connectivity index (χ1n) is 7.98. The van der Waals surface area contributed by atoms with E-state index in [4.69, 9.17) is 23.2 Å². The lowest BCUT2D eigenvalue weighted by molar-refractivity contribution is -0.122. The second-order valence-corrected chi connectivity index (χ2v) is 7.16. The number of carbonyl (C=O) groups is 2. The Morgan fingerprint density at radius 1 is 1.08 bits per heavy atom. The first-order chi connectivity index (χ1) is 11.8. The fourth-order valence-electron chi connectivity index (χ4n) is 3.00. The zero-order valence-corrected chi connectivity index (χ0v) is 15.5. The van der Waals surface area contributed by atoms with Gasteiger partial charge in [0, 0.05) is 34.4 Å². The van der Waals surface area contributed by atoms with Crippen LogP contribution in [0.15, 0.2) is 36.4 Å². The third-order valence-electron chi connectivity index (χ3n) is 4.40. The van der Waals surface area contributed by atoms with Crippen LogP contribution in [-0.2, 0) is 9.59 Å². The molecule has 3 rings (SSSR count). The summed E-state index contributed by atoms with van der Waals surface area (Å²) in [5.41, 5.74) is 3.30. The summed E-state index contributed by atoms with van der Waals surface area (Å²) in [6.07, 6.45) is 0.188. The second kappa shape index (κ2) is 7.06. The molecule has 0 radical (unpaired) electrons. The third kappa shape index (κ3) is 3.80. The van der Waals surface area contributed by atoms with Gasteiger partial charge in [0.2, 0.25) is 11.8 Å². The first kappa shape index (κ1) is 17.8. The molecule has 4 nitrogen and oxygen atoms in total. The molecule has 2 aromatic rings. The molecular formula is C19H18Cl2N2O2. The number of amides is 2. The number of aryl methyl sites for hydroxylation is 2. The quantitative estimate of drug-likeness (QED) is 0.850. The molecule has 2 amide bonds. The number of nitrogens with one attached hydrogen (secondary N) is 1. The molecule has 6 heteroatoms. The molecular weight excluding hydrogens is 359 g/mol. The normalized spacial score (nSPS) is 17.0. The number of halogens is 2. The highest BCUT2D eigenvalue weighted by atomic mass is 35.5. The van der Waals surface area contributed by atoms with Gasteiger partial charge in [-0.05, 0) is 55.3 Å². The van der Waals surface area contributed by atoms with E-state index >= 15 is 0 Å². The summed E-state index contributed by atoms with van der Waals surface area (Å²) in [5, 5.41) is 4.07. The van der Waals surface area contributed by atoms with Crippen molar-refractivity contribution >= 4 is 46.4 Å². The summed E-state index contributed by atoms with van der Waals surface area (Å²) >= 11 is 12.0. The average molecular weight is 377 g/mol. The molecule has 1 heterocycles. The highest BCUT2D eigenvalue weighted by Gasteiger charge is 2.35. The molecule has 0 aliphatic carbocycles. The molecule has 2 aromatic carbocycles. The smallest absolute Gasteiger partial charge is 0.229 e. The maximum Gasteiger partial charge on any atom is 0.229 e. The number of nitrogens with zero attached hydrogens (tertiary/aromatic N) is 1. The summed E-state index contributed by atoms with van der Waals surface area (Å²) in [6, 6.07) is 10.7. The van der Waals surface area contributed by atoms with Gasteiger partial charge in [-0.15, -0.1) is 0 Å². The predicted octanol–water partition coefficient (Wildman–Crippen LogP) is 4.60. The van der Waals surface area contributed by atoms with E-state index in [0.717, 1.165) is 16.8 Å². The van der Waals surface area contributed by atoms with E-state index in [1.807, 2.05) is 32.0 Å². The van der Waals surface area contributed by atoms with E-state index in [9.17, 15) is 9.59 Å². The van der Waals surface area contributed by atoms with Gasteiger partial charge in [-0.2, -0.15) is 0 Å². The number of rotatable bonds is 3. The van der Waals surface area contributed by atoms with E-state index < -0.39 is 5.92 Å². The zero-order valence-electron chi connectivity index (χ0n) is 14.0.